The molecule has 0 aliphatic carbocycles. The second kappa shape index (κ2) is 8.79. The van der Waals surface area contributed by atoms with Crippen molar-refractivity contribution in [3.05, 3.63) is 60.2 Å². The summed E-state index contributed by atoms with van der Waals surface area (Å²) in [5.74, 6) is -2.91. The molecule has 1 amide bonds. The maximum absolute atomic E-state index is 12.7. The van der Waals surface area contributed by atoms with Crippen molar-refractivity contribution in [3.63, 3.8) is 0 Å². The minimum atomic E-state index is -3.76. The minimum Gasteiger partial charge on any atom is -0.481 e. The third-order valence-electron chi connectivity index (χ3n) is 4.11. The molecule has 0 fully saturated rings. The molecule has 0 aliphatic heterocycles. The van der Waals surface area contributed by atoms with Gasteiger partial charge in [-0.05, 0) is 23.1 Å². The predicted molar refractivity (Wildman–Crippen MR) is 99.8 cm³/mol. The summed E-state index contributed by atoms with van der Waals surface area (Å²) in [6.45, 7) is 0. The summed E-state index contributed by atoms with van der Waals surface area (Å²) in [4.78, 5) is 32.6. The number of hydrogen-bond donors (Lipinski definition) is 3. The molecule has 0 aromatic heterocycles. The van der Waals surface area contributed by atoms with Gasteiger partial charge >= 0.3 is 5.97 Å². The molecule has 0 aliphatic rings. The van der Waals surface area contributed by atoms with Gasteiger partial charge in [-0.3, -0.25) is 14.2 Å². The van der Waals surface area contributed by atoms with Crippen LogP contribution in [0.4, 0.5) is 0 Å². The Labute approximate surface area is 152 Å². The van der Waals surface area contributed by atoms with Gasteiger partial charge in [0.2, 0.25) is 13.3 Å². The number of carboxylic acids is 1. The average Bonchev–Trinajstić information content (AvgIpc) is 2.59. The van der Waals surface area contributed by atoms with Crippen LogP contribution in [0.2, 0.25) is 0 Å². The van der Waals surface area contributed by atoms with Gasteiger partial charge in [0.15, 0.2) is 0 Å². The Hall–Kier alpha value is -2.43. The maximum atomic E-state index is 12.7. The quantitative estimate of drug-likeness (QED) is 0.582. The van der Waals surface area contributed by atoms with E-state index in [1.54, 1.807) is 12.1 Å². The number of carbonyl (C=O) groups excluding carboxylic acids is 1. The van der Waals surface area contributed by atoms with Crippen LogP contribution in [0.25, 0.3) is 11.1 Å². The summed E-state index contributed by atoms with van der Waals surface area (Å²) < 4.78 is 12.7. The highest BCUT2D eigenvalue weighted by Crippen LogP contribution is 2.48. The summed E-state index contributed by atoms with van der Waals surface area (Å²) >= 11 is 0. The highest BCUT2D eigenvalue weighted by atomic mass is 31.2. The van der Waals surface area contributed by atoms with Crippen LogP contribution in [-0.2, 0) is 20.3 Å². The Kier molecular flexibility index (Phi) is 6.72. The smallest absolute Gasteiger partial charge is 0.307 e. The van der Waals surface area contributed by atoms with E-state index in [0.717, 1.165) is 11.1 Å². The average molecular weight is 375 g/mol. The van der Waals surface area contributed by atoms with E-state index in [1.165, 1.54) is 0 Å². The van der Waals surface area contributed by atoms with E-state index in [9.17, 15) is 24.2 Å². The zero-order valence-electron chi connectivity index (χ0n) is 14.2. The van der Waals surface area contributed by atoms with Crippen molar-refractivity contribution in [1.82, 2.24) is 0 Å². The molecule has 2 unspecified atom stereocenters. The van der Waals surface area contributed by atoms with Gasteiger partial charge in [-0.1, -0.05) is 54.6 Å². The Morgan fingerprint density at radius 2 is 1.65 bits per heavy atom. The summed E-state index contributed by atoms with van der Waals surface area (Å²) in [6, 6.07) is 16.7. The monoisotopic (exact) mass is 375 g/mol. The lowest BCUT2D eigenvalue weighted by Gasteiger charge is -2.18. The molecule has 2 aromatic carbocycles. The number of carbonyl (C=O) groups is 2. The van der Waals surface area contributed by atoms with Gasteiger partial charge in [0.1, 0.15) is 0 Å². The van der Waals surface area contributed by atoms with E-state index in [0.29, 0.717) is 5.56 Å². The summed E-state index contributed by atoms with van der Waals surface area (Å²) in [7, 11) is -3.76. The van der Waals surface area contributed by atoms with Crippen LogP contribution in [0.5, 0.6) is 0 Å². The standard InChI is InChI=1S/C19H22NO5P/c20-18(21)11-10-16(19(22)23)13-26(24,25)12-15-8-4-5-9-17(15)14-6-2-1-3-7-14/h1-9,16H,10-13H2,(H2,20,21)(H,22,23)(H,24,25). The minimum absolute atomic E-state index is 0.0461. The SMILES string of the molecule is NC(=O)CCC(CP(=O)(O)Cc1ccccc1-c1ccccc1)C(=O)O. The number of carboxylic acid groups (broad SMARTS) is 1. The molecule has 138 valence electrons. The summed E-state index contributed by atoms with van der Waals surface area (Å²) in [5.41, 5.74) is 7.49. The lowest BCUT2D eigenvalue weighted by molar-refractivity contribution is -0.141. The van der Waals surface area contributed by atoms with Crippen LogP contribution in [0.15, 0.2) is 54.6 Å². The van der Waals surface area contributed by atoms with Crippen LogP contribution >= 0.6 is 7.37 Å². The second-order valence-electron chi connectivity index (χ2n) is 6.25. The van der Waals surface area contributed by atoms with Crippen molar-refractivity contribution >= 4 is 19.2 Å². The molecular weight excluding hydrogens is 353 g/mol. The highest BCUT2D eigenvalue weighted by Gasteiger charge is 2.30. The number of benzene rings is 2. The number of primary amides is 1. The van der Waals surface area contributed by atoms with Gasteiger partial charge in [-0.2, -0.15) is 0 Å². The zero-order valence-corrected chi connectivity index (χ0v) is 15.1. The van der Waals surface area contributed by atoms with Gasteiger partial charge in [-0.25, -0.2) is 0 Å². The fourth-order valence-corrected chi connectivity index (χ4v) is 4.81. The third-order valence-corrected chi connectivity index (χ3v) is 5.96. The fraction of sp³-hybridized carbons (Fsp3) is 0.263. The lowest BCUT2D eigenvalue weighted by Crippen LogP contribution is -2.21. The van der Waals surface area contributed by atoms with E-state index in [-0.39, 0.29) is 19.0 Å². The van der Waals surface area contributed by atoms with Gasteiger partial charge in [0.25, 0.3) is 0 Å². The molecule has 0 saturated heterocycles. The van der Waals surface area contributed by atoms with Crippen LogP contribution in [0.1, 0.15) is 18.4 Å². The topological polar surface area (TPSA) is 118 Å². The molecule has 7 heteroatoms. The first kappa shape index (κ1) is 19.9. The molecule has 0 saturated carbocycles. The van der Waals surface area contributed by atoms with Gasteiger partial charge < -0.3 is 15.7 Å². The normalized spacial score (nSPS) is 14.3. The molecule has 2 aromatic rings. The second-order valence-corrected chi connectivity index (χ2v) is 8.62. The first-order chi connectivity index (χ1) is 12.3. The van der Waals surface area contributed by atoms with E-state index in [2.05, 4.69) is 0 Å². The van der Waals surface area contributed by atoms with E-state index in [4.69, 9.17) is 5.73 Å². The molecular formula is C19H22NO5P. The third kappa shape index (κ3) is 5.83. The van der Waals surface area contributed by atoms with Crippen LogP contribution in [0, 0.1) is 5.92 Å². The van der Waals surface area contributed by atoms with E-state index < -0.39 is 31.3 Å². The van der Waals surface area contributed by atoms with E-state index >= 15 is 0 Å². The molecule has 0 radical (unpaired) electrons. The van der Waals surface area contributed by atoms with Crippen LogP contribution in [0.3, 0.4) is 0 Å². The van der Waals surface area contributed by atoms with E-state index in [1.807, 2.05) is 42.5 Å². The highest BCUT2D eigenvalue weighted by molar-refractivity contribution is 7.57. The molecule has 6 nitrogen and oxygen atoms in total. The molecule has 4 N–H and O–H groups in total. The van der Waals surface area contributed by atoms with Crippen molar-refractivity contribution < 1.29 is 24.2 Å². The van der Waals surface area contributed by atoms with Crippen molar-refractivity contribution in [1.29, 1.82) is 0 Å². The zero-order chi connectivity index (χ0) is 19.2. The summed E-state index contributed by atoms with van der Waals surface area (Å²) in [5, 5.41) is 9.26. The Bertz CT molecular complexity index is 822. The van der Waals surface area contributed by atoms with Crippen molar-refractivity contribution in [2.75, 3.05) is 6.16 Å². The Balaban J connectivity index is 2.20. The Morgan fingerprint density at radius 1 is 1.04 bits per heavy atom. The molecule has 2 atom stereocenters. The van der Waals surface area contributed by atoms with Crippen molar-refractivity contribution in [2.24, 2.45) is 11.7 Å². The molecule has 0 bridgehead atoms. The largest absolute Gasteiger partial charge is 0.481 e. The molecule has 2 rings (SSSR count). The van der Waals surface area contributed by atoms with Gasteiger partial charge in [0.05, 0.1) is 12.1 Å². The molecule has 0 spiro atoms. The number of rotatable bonds is 9. The maximum Gasteiger partial charge on any atom is 0.307 e. The first-order valence-corrected chi connectivity index (χ1v) is 10.3. The van der Waals surface area contributed by atoms with Crippen LogP contribution < -0.4 is 5.73 Å². The molecule has 0 heterocycles. The first-order valence-electron chi connectivity index (χ1n) is 8.24. The van der Waals surface area contributed by atoms with Crippen LogP contribution in [-0.4, -0.2) is 28.0 Å². The predicted octanol–water partition coefficient (Wildman–Crippen LogP) is 3.09. The lowest BCUT2D eigenvalue weighted by atomic mass is 10.0. The summed E-state index contributed by atoms with van der Waals surface area (Å²) in [6.07, 6.45) is -0.690. The van der Waals surface area contributed by atoms with Gasteiger partial charge in [-0.15, -0.1) is 0 Å². The number of hydrogen-bond acceptors (Lipinski definition) is 3. The number of nitrogens with two attached hydrogens (primary N) is 1. The molecule has 26 heavy (non-hydrogen) atoms. The number of aliphatic carboxylic acids is 1. The number of amides is 1. The van der Waals surface area contributed by atoms with Crippen molar-refractivity contribution in [2.45, 2.75) is 19.0 Å². The Morgan fingerprint density at radius 3 is 2.27 bits per heavy atom. The fourth-order valence-electron chi connectivity index (χ4n) is 2.84. The van der Waals surface area contributed by atoms with Gasteiger partial charge in [0, 0.05) is 12.6 Å². The van der Waals surface area contributed by atoms with Crippen molar-refractivity contribution in [3.8, 4) is 11.1 Å².